The summed E-state index contributed by atoms with van der Waals surface area (Å²) in [6, 6.07) is 17.7. The van der Waals surface area contributed by atoms with E-state index in [4.69, 9.17) is 11.6 Å². The van der Waals surface area contributed by atoms with E-state index in [9.17, 15) is 5.11 Å². The van der Waals surface area contributed by atoms with Gasteiger partial charge in [-0.3, -0.25) is 0 Å². The van der Waals surface area contributed by atoms with Gasteiger partial charge in [0.15, 0.2) is 0 Å². The number of aliphatic hydroxyl groups excluding tert-OH is 1. The van der Waals surface area contributed by atoms with Crippen molar-refractivity contribution in [2.75, 3.05) is 11.9 Å². The molecule has 0 saturated carbocycles. The zero-order chi connectivity index (χ0) is 13.7. The second kappa shape index (κ2) is 6.60. The van der Waals surface area contributed by atoms with E-state index in [0.29, 0.717) is 5.02 Å². The first-order valence-corrected chi connectivity index (χ1v) is 6.77. The van der Waals surface area contributed by atoms with Gasteiger partial charge in [0.25, 0.3) is 0 Å². The SMILES string of the molecule is CC(c1ccccc1)C(CO)Nc1ccccc1Cl. The van der Waals surface area contributed by atoms with E-state index in [1.165, 1.54) is 5.56 Å². The summed E-state index contributed by atoms with van der Waals surface area (Å²) in [6.45, 7) is 2.15. The number of benzene rings is 2. The Bertz CT molecular complexity index is 515. The third-order valence-corrected chi connectivity index (χ3v) is 3.67. The average Bonchev–Trinajstić information content (AvgIpc) is 2.47. The van der Waals surface area contributed by atoms with Crippen molar-refractivity contribution in [1.82, 2.24) is 0 Å². The minimum absolute atomic E-state index is 0.0568. The summed E-state index contributed by atoms with van der Waals surface area (Å²) in [7, 11) is 0. The number of hydrogen-bond donors (Lipinski definition) is 2. The van der Waals surface area contributed by atoms with E-state index in [1.54, 1.807) is 0 Å². The monoisotopic (exact) mass is 275 g/mol. The highest BCUT2D eigenvalue weighted by Crippen LogP contribution is 2.26. The molecule has 2 aromatic carbocycles. The summed E-state index contributed by atoms with van der Waals surface area (Å²) in [5.74, 6) is 0.197. The topological polar surface area (TPSA) is 32.3 Å². The molecule has 0 heterocycles. The highest BCUT2D eigenvalue weighted by molar-refractivity contribution is 6.33. The molecule has 0 fully saturated rings. The van der Waals surface area contributed by atoms with Crippen LogP contribution in [0.1, 0.15) is 18.4 Å². The Morgan fingerprint density at radius 3 is 2.32 bits per heavy atom. The molecular formula is C16H18ClNO. The minimum Gasteiger partial charge on any atom is -0.394 e. The Hall–Kier alpha value is -1.51. The van der Waals surface area contributed by atoms with Crippen LogP contribution in [0.5, 0.6) is 0 Å². The Kier molecular flexibility index (Phi) is 4.83. The number of anilines is 1. The number of aliphatic hydroxyl groups is 1. The maximum Gasteiger partial charge on any atom is 0.0638 e. The molecule has 0 aromatic heterocycles. The fraction of sp³-hybridized carbons (Fsp3) is 0.250. The van der Waals surface area contributed by atoms with Crippen LogP contribution in [0, 0.1) is 0 Å². The Balaban J connectivity index is 2.15. The van der Waals surface area contributed by atoms with Gasteiger partial charge in [-0.25, -0.2) is 0 Å². The molecule has 0 saturated heterocycles. The fourth-order valence-corrected chi connectivity index (χ4v) is 2.29. The third-order valence-electron chi connectivity index (χ3n) is 3.34. The molecule has 0 spiro atoms. The fourth-order valence-electron chi connectivity index (χ4n) is 2.10. The molecule has 0 bridgehead atoms. The van der Waals surface area contributed by atoms with Crippen molar-refractivity contribution < 1.29 is 5.11 Å². The van der Waals surface area contributed by atoms with Crippen molar-refractivity contribution in [3.05, 3.63) is 65.2 Å². The van der Waals surface area contributed by atoms with Gasteiger partial charge >= 0.3 is 0 Å². The van der Waals surface area contributed by atoms with Crippen LogP contribution in [-0.4, -0.2) is 17.8 Å². The lowest BCUT2D eigenvalue weighted by Gasteiger charge is -2.25. The Morgan fingerprint density at radius 1 is 1.05 bits per heavy atom. The maximum absolute atomic E-state index is 9.60. The summed E-state index contributed by atoms with van der Waals surface area (Å²) in [5.41, 5.74) is 2.05. The molecule has 3 heteroatoms. The highest BCUT2D eigenvalue weighted by atomic mass is 35.5. The lowest BCUT2D eigenvalue weighted by molar-refractivity contribution is 0.262. The predicted octanol–water partition coefficient (Wildman–Crippen LogP) is 3.92. The maximum atomic E-state index is 9.60. The van der Waals surface area contributed by atoms with Crippen molar-refractivity contribution in [2.45, 2.75) is 18.9 Å². The predicted molar refractivity (Wildman–Crippen MR) is 80.8 cm³/mol. The van der Waals surface area contributed by atoms with Gasteiger partial charge in [-0.2, -0.15) is 0 Å². The molecule has 19 heavy (non-hydrogen) atoms. The second-order valence-corrected chi connectivity index (χ2v) is 5.02. The Morgan fingerprint density at radius 2 is 1.68 bits per heavy atom. The van der Waals surface area contributed by atoms with Gasteiger partial charge in [-0.15, -0.1) is 0 Å². The number of halogens is 1. The van der Waals surface area contributed by atoms with Crippen molar-refractivity contribution in [3.63, 3.8) is 0 Å². The van der Waals surface area contributed by atoms with Crippen LogP contribution in [0.15, 0.2) is 54.6 Å². The average molecular weight is 276 g/mol. The van der Waals surface area contributed by atoms with Crippen LogP contribution in [0.3, 0.4) is 0 Å². The van der Waals surface area contributed by atoms with E-state index in [-0.39, 0.29) is 18.6 Å². The van der Waals surface area contributed by atoms with Gasteiger partial charge in [0.05, 0.1) is 23.4 Å². The highest BCUT2D eigenvalue weighted by Gasteiger charge is 2.18. The van der Waals surface area contributed by atoms with Crippen LogP contribution >= 0.6 is 11.6 Å². The molecule has 2 N–H and O–H groups in total. The van der Waals surface area contributed by atoms with E-state index >= 15 is 0 Å². The van der Waals surface area contributed by atoms with Gasteiger partial charge in [0.1, 0.15) is 0 Å². The van der Waals surface area contributed by atoms with Crippen molar-refractivity contribution >= 4 is 17.3 Å². The lowest BCUT2D eigenvalue weighted by atomic mass is 9.93. The number of nitrogens with one attached hydrogen (secondary N) is 1. The lowest BCUT2D eigenvalue weighted by Crippen LogP contribution is -2.29. The van der Waals surface area contributed by atoms with Crippen molar-refractivity contribution in [2.24, 2.45) is 0 Å². The molecule has 2 nitrogen and oxygen atoms in total. The molecule has 2 aromatic rings. The number of hydrogen-bond acceptors (Lipinski definition) is 2. The molecule has 0 aliphatic carbocycles. The van der Waals surface area contributed by atoms with Crippen molar-refractivity contribution in [1.29, 1.82) is 0 Å². The molecule has 2 unspecified atom stereocenters. The third kappa shape index (κ3) is 3.49. The van der Waals surface area contributed by atoms with Gasteiger partial charge in [0, 0.05) is 5.92 Å². The van der Waals surface area contributed by atoms with Gasteiger partial charge in [0.2, 0.25) is 0 Å². The first kappa shape index (κ1) is 13.9. The van der Waals surface area contributed by atoms with E-state index < -0.39 is 0 Å². The van der Waals surface area contributed by atoms with Gasteiger partial charge in [-0.05, 0) is 17.7 Å². The normalized spacial score (nSPS) is 13.8. The second-order valence-electron chi connectivity index (χ2n) is 4.61. The summed E-state index contributed by atoms with van der Waals surface area (Å²) >= 11 is 6.13. The standard InChI is InChI=1S/C16H18ClNO/c1-12(13-7-3-2-4-8-13)16(11-19)18-15-10-6-5-9-14(15)17/h2-10,12,16,18-19H,11H2,1H3. The first-order chi connectivity index (χ1) is 9.22. The van der Waals surface area contributed by atoms with Crippen LogP contribution in [0.2, 0.25) is 5.02 Å². The molecule has 0 amide bonds. The number of para-hydroxylation sites is 1. The molecule has 2 atom stereocenters. The molecule has 100 valence electrons. The largest absolute Gasteiger partial charge is 0.394 e. The smallest absolute Gasteiger partial charge is 0.0638 e. The van der Waals surface area contributed by atoms with Crippen LogP contribution in [-0.2, 0) is 0 Å². The summed E-state index contributed by atoms with van der Waals surface area (Å²) in [5, 5.41) is 13.6. The van der Waals surface area contributed by atoms with Crippen LogP contribution < -0.4 is 5.32 Å². The Labute approximate surface area is 119 Å². The zero-order valence-corrected chi connectivity index (χ0v) is 11.6. The number of rotatable bonds is 5. The van der Waals surface area contributed by atoms with E-state index in [0.717, 1.165) is 5.69 Å². The van der Waals surface area contributed by atoms with Crippen molar-refractivity contribution in [3.8, 4) is 0 Å². The molecule has 2 rings (SSSR count). The zero-order valence-electron chi connectivity index (χ0n) is 10.9. The molecule has 0 aliphatic rings. The molecule has 0 radical (unpaired) electrons. The summed E-state index contributed by atoms with van der Waals surface area (Å²) in [6.07, 6.45) is 0. The van der Waals surface area contributed by atoms with Gasteiger partial charge in [-0.1, -0.05) is 61.0 Å². The first-order valence-electron chi connectivity index (χ1n) is 6.39. The van der Waals surface area contributed by atoms with Crippen LogP contribution in [0.4, 0.5) is 5.69 Å². The summed E-state index contributed by atoms with van der Waals surface area (Å²) in [4.78, 5) is 0. The van der Waals surface area contributed by atoms with Crippen LogP contribution in [0.25, 0.3) is 0 Å². The molecule has 0 aliphatic heterocycles. The van der Waals surface area contributed by atoms with E-state index in [1.807, 2.05) is 42.5 Å². The van der Waals surface area contributed by atoms with E-state index in [2.05, 4.69) is 24.4 Å². The minimum atomic E-state index is -0.0673. The molecular weight excluding hydrogens is 258 g/mol. The quantitative estimate of drug-likeness (QED) is 0.867. The summed E-state index contributed by atoms with van der Waals surface area (Å²) < 4.78 is 0. The van der Waals surface area contributed by atoms with Gasteiger partial charge < -0.3 is 10.4 Å².